The molecule has 0 spiro atoms. The largest absolute Gasteiger partial charge is 0.451 e. The van der Waals surface area contributed by atoms with Gasteiger partial charge in [-0.25, -0.2) is 4.79 Å². The van der Waals surface area contributed by atoms with Gasteiger partial charge in [-0.1, -0.05) is 6.92 Å². The van der Waals surface area contributed by atoms with Crippen molar-refractivity contribution < 1.29 is 19.0 Å². The Hall–Kier alpha value is -0.593. The minimum absolute atomic E-state index is 0.109. The molecule has 78 valence electrons. The molecule has 0 aliphatic rings. The average molecular weight is 207 g/mol. The molecule has 0 heterocycles. The molecule has 0 fully saturated rings. The van der Waals surface area contributed by atoms with Crippen molar-refractivity contribution in [1.29, 1.82) is 0 Å². The molecule has 5 nitrogen and oxygen atoms in total. The van der Waals surface area contributed by atoms with Crippen LogP contribution in [0.1, 0.15) is 13.3 Å². The third-order valence-corrected chi connectivity index (χ3v) is 4.04. The lowest BCUT2D eigenvalue weighted by Gasteiger charge is -2.19. The molecule has 13 heavy (non-hydrogen) atoms. The predicted molar refractivity (Wildman–Crippen MR) is 51.1 cm³/mol. The number of nitrogens with two attached hydrogens (primary N) is 1. The van der Waals surface area contributed by atoms with Gasteiger partial charge in [0.25, 0.3) is 0 Å². The number of primary amides is 1. The second kappa shape index (κ2) is 6.87. The Morgan fingerprint density at radius 3 is 2.31 bits per heavy atom. The second-order valence-corrected chi connectivity index (χ2v) is 4.65. The third-order valence-electron chi connectivity index (χ3n) is 1.72. The summed E-state index contributed by atoms with van der Waals surface area (Å²) in [5.41, 5.74) is 4.80. The molecule has 0 aromatic heterocycles. The average Bonchev–Trinajstić information content (AvgIpc) is 2.11. The van der Waals surface area contributed by atoms with Crippen LogP contribution in [0.15, 0.2) is 0 Å². The maximum atomic E-state index is 10.5. The summed E-state index contributed by atoms with van der Waals surface area (Å²) in [6.45, 7) is 1.93. The first kappa shape index (κ1) is 12.4. The number of carbonyl (C=O) groups is 1. The van der Waals surface area contributed by atoms with Crippen LogP contribution in [-0.4, -0.2) is 41.5 Å². The molecule has 0 radical (unpaired) electrons. The molecule has 0 aromatic rings. The highest BCUT2D eigenvalue weighted by molar-refractivity contribution is 6.38. The van der Waals surface area contributed by atoms with E-state index >= 15 is 0 Å². The lowest BCUT2D eigenvalue weighted by atomic mass is 10.5. The van der Waals surface area contributed by atoms with E-state index in [1.165, 1.54) is 0 Å². The van der Waals surface area contributed by atoms with Crippen LogP contribution in [0.4, 0.5) is 4.79 Å². The fourth-order valence-electron chi connectivity index (χ4n) is 0.966. The minimum Gasteiger partial charge on any atom is -0.451 e. The van der Waals surface area contributed by atoms with Gasteiger partial charge in [0, 0.05) is 14.2 Å². The summed E-state index contributed by atoms with van der Waals surface area (Å²) in [4.78, 5) is 10.5. The summed E-state index contributed by atoms with van der Waals surface area (Å²) < 4.78 is 14.9. The first-order valence-electron chi connectivity index (χ1n) is 4.15. The first-order valence-corrected chi connectivity index (χ1v) is 5.79. The zero-order valence-electron chi connectivity index (χ0n) is 8.28. The van der Waals surface area contributed by atoms with Gasteiger partial charge in [0.1, 0.15) is 15.4 Å². The predicted octanol–water partition coefficient (Wildman–Crippen LogP) is -0.437. The number of hydrogen-bond donors (Lipinski definition) is 1. The Kier molecular flexibility index (Phi) is 6.56. The van der Waals surface area contributed by atoms with Crippen molar-refractivity contribution >= 4 is 15.6 Å². The zero-order chi connectivity index (χ0) is 10.3. The molecular weight excluding hydrogens is 190 g/mol. The lowest BCUT2D eigenvalue weighted by molar-refractivity contribution is -0.0475. The number of carbonyl (C=O) groups excluding carboxylic acids is 1. The van der Waals surface area contributed by atoms with Crippen LogP contribution in [0.5, 0.6) is 0 Å². The molecule has 0 rings (SSSR count). The standard InChI is InChI=1S/C7H17NO4Si/c1-4-5(12-6(8)9)13-7(10-2)11-3/h5,7H,4,13H2,1-3H3,(H2,8,9). The number of ether oxygens (including phenoxy) is 3. The maximum Gasteiger partial charge on any atom is 0.404 e. The van der Waals surface area contributed by atoms with Crippen molar-refractivity contribution in [2.75, 3.05) is 14.2 Å². The molecule has 0 aliphatic heterocycles. The van der Waals surface area contributed by atoms with Gasteiger partial charge in [0.05, 0.1) is 5.73 Å². The van der Waals surface area contributed by atoms with Gasteiger partial charge in [0.2, 0.25) is 0 Å². The second-order valence-electron chi connectivity index (χ2n) is 2.60. The monoisotopic (exact) mass is 207 g/mol. The number of amides is 1. The van der Waals surface area contributed by atoms with E-state index in [2.05, 4.69) is 0 Å². The summed E-state index contributed by atoms with van der Waals surface area (Å²) in [5, 5.41) is 0. The molecule has 0 bridgehead atoms. The van der Waals surface area contributed by atoms with Crippen molar-refractivity contribution in [2.24, 2.45) is 5.73 Å². The fourth-order valence-corrected chi connectivity index (χ4v) is 2.37. The van der Waals surface area contributed by atoms with Crippen molar-refractivity contribution in [1.82, 2.24) is 0 Å². The molecule has 6 heteroatoms. The molecule has 1 atom stereocenters. The van der Waals surface area contributed by atoms with E-state index in [1.54, 1.807) is 14.2 Å². The lowest BCUT2D eigenvalue weighted by Crippen LogP contribution is -2.36. The normalized spacial score (nSPS) is 13.8. The maximum absolute atomic E-state index is 10.5. The Balaban J connectivity index is 3.87. The summed E-state index contributed by atoms with van der Waals surface area (Å²) >= 11 is 0. The molecule has 1 amide bonds. The van der Waals surface area contributed by atoms with Gasteiger partial charge in [-0.2, -0.15) is 0 Å². The highest BCUT2D eigenvalue weighted by Crippen LogP contribution is 2.00. The van der Waals surface area contributed by atoms with E-state index in [4.69, 9.17) is 19.9 Å². The van der Waals surface area contributed by atoms with E-state index in [1.807, 2.05) is 6.92 Å². The summed E-state index contributed by atoms with van der Waals surface area (Å²) in [6.07, 6.45) is 0.0172. The molecule has 1 unspecified atom stereocenters. The Labute approximate surface area is 80.3 Å². The van der Waals surface area contributed by atoms with Crippen molar-refractivity contribution in [3.8, 4) is 0 Å². The quantitative estimate of drug-likeness (QED) is 0.473. The van der Waals surface area contributed by atoms with Crippen LogP contribution in [-0.2, 0) is 14.2 Å². The smallest absolute Gasteiger partial charge is 0.404 e. The van der Waals surface area contributed by atoms with E-state index in [9.17, 15) is 4.79 Å². The van der Waals surface area contributed by atoms with Crippen molar-refractivity contribution in [3.05, 3.63) is 0 Å². The summed E-state index contributed by atoms with van der Waals surface area (Å²) in [7, 11) is 2.36. The van der Waals surface area contributed by atoms with Crippen LogP contribution in [0.3, 0.4) is 0 Å². The highest BCUT2D eigenvalue weighted by Gasteiger charge is 2.17. The van der Waals surface area contributed by atoms with E-state index in [0.29, 0.717) is 0 Å². The molecular formula is C7H17NO4Si. The van der Waals surface area contributed by atoms with Crippen LogP contribution in [0.2, 0.25) is 0 Å². The van der Waals surface area contributed by atoms with Crippen LogP contribution in [0, 0.1) is 0 Å². The number of rotatable bonds is 6. The fraction of sp³-hybridized carbons (Fsp3) is 0.857. The topological polar surface area (TPSA) is 70.8 Å². The van der Waals surface area contributed by atoms with Gasteiger partial charge in [-0.3, -0.25) is 0 Å². The number of methoxy groups -OCH3 is 2. The third kappa shape index (κ3) is 5.62. The Bertz CT molecular complexity index is 151. The minimum atomic E-state index is -0.771. The van der Waals surface area contributed by atoms with Crippen LogP contribution < -0.4 is 5.73 Å². The van der Waals surface area contributed by atoms with E-state index in [0.717, 1.165) is 6.42 Å². The van der Waals surface area contributed by atoms with Crippen molar-refractivity contribution in [3.63, 3.8) is 0 Å². The Morgan fingerprint density at radius 2 is 2.00 bits per heavy atom. The van der Waals surface area contributed by atoms with Gasteiger partial charge in [-0.15, -0.1) is 0 Å². The SMILES string of the molecule is CCC(OC(N)=O)[SiH2]C(OC)OC. The van der Waals surface area contributed by atoms with Gasteiger partial charge >= 0.3 is 6.09 Å². The van der Waals surface area contributed by atoms with Crippen LogP contribution in [0.25, 0.3) is 0 Å². The van der Waals surface area contributed by atoms with Crippen LogP contribution >= 0.6 is 0 Å². The molecule has 0 aromatic carbocycles. The molecule has 0 saturated heterocycles. The van der Waals surface area contributed by atoms with E-state index in [-0.39, 0.29) is 11.6 Å². The first-order chi connectivity index (χ1) is 6.13. The molecule has 0 aliphatic carbocycles. The summed E-state index contributed by atoms with van der Waals surface area (Å²) in [5.74, 6) is -0.218. The summed E-state index contributed by atoms with van der Waals surface area (Å²) in [6, 6.07) is 0. The van der Waals surface area contributed by atoms with E-state index < -0.39 is 15.6 Å². The van der Waals surface area contributed by atoms with Crippen molar-refractivity contribution in [2.45, 2.75) is 25.0 Å². The molecule has 2 N–H and O–H groups in total. The number of hydrogen-bond acceptors (Lipinski definition) is 4. The molecule has 0 saturated carbocycles. The highest BCUT2D eigenvalue weighted by atomic mass is 28.2. The van der Waals surface area contributed by atoms with Gasteiger partial charge in [-0.05, 0) is 6.42 Å². The van der Waals surface area contributed by atoms with Gasteiger partial charge in [0.15, 0.2) is 0 Å². The Morgan fingerprint density at radius 1 is 1.46 bits per heavy atom. The van der Waals surface area contributed by atoms with Gasteiger partial charge < -0.3 is 19.9 Å². The zero-order valence-corrected chi connectivity index (χ0v) is 9.69.